The molecule has 2 fully saturated rings. The maximum Gasteiger partial charge on any atom is 0.339 e. The fourth-order valence-corrected chi connectivity index (χ4v) is 6.89. The highest BCUT2D eigenvalue weighted by Crippen LogP contribution is 2.66. The van der Waals surface area contributed by atoms with E-state index in [9.17, 15) is 4.79 Å². The van der Waals surface area contributed by atoms with E-state index in [1.165, 1.54) is 6.42 Å². The lowest BCUT2D eigenvalue weighted by molar-refractivity contribution is -0.0241. The molecule has 6 rings (SSSR count). The van der Waals surface area contributed by atoms with E-state index in [-0.39, 0.29) is 22.9 Å². The minimum absolute atomic E-state index is 0.0153. The molecule has 0 spiro atoms. The van der Waals surface area contributed by atoms with Gasteiger partial charge in [0.1, 0.15) is 11.9 Å². The minimum Gasteiger partial charge on any atom is -0.496 e. The first kappa shape index (κ1) is 22.2. The summed E-state index contributed by atoms with van der Waals surface area (Å²) in [6, 6.07) is 24.5. The molecule has 178 valence electrons. The molecule has 2 aliphatic carbocycles. The second-order valence-corrected chi connectivity index (χ2v) is 11.1. The van der Waals surface area contributed by atoms with Crippen molar-refractivity contribution in [1.82, 2.24) is 0 Å². The van der Waals surface area contributed by atoms with Gasteiger partial charge in [-0.15, -0.1) is 0 Å². The normalized spacial score (nSPS) is 24.7. The van der Waals surface area contributed by atoms with Crippen LogP contribution in [-0.4, -0.2) is 19.2 Å². The Morgan fingerprint density at radius 1 is 0.829 bits per heavy atom. The third-order valence-electron chi connectivity index (χ3n) is 9.47. The van der Waals surface area contributed by atoms with Gasteiger partial charge in [0.15, 0.2) is 0 Å². The molecular formula is C32H32O3. The smallest absolute Gasteiger partial charge is 0.339 e. The second kappa shape index (κ2) is 7.84. The van der Waals surface area contributed by atoms with Gasteiger partial charge in [0.05, 0.1) is 12.7 Å². The number of hydrogen-bond acceptors (Lipinski definition) is 3. The van der Waals surface area contributed by atoms with Crippen molar-refractivity contribution in [2.45, 2.75) is 46.1 Å². The van der Waals surface area contributed by atoms with Crippen LogP contribution in [0, 0.1) is 16.7 Å². The van der Waals surface area contributed by atoms with E-state index in [0.717, 1.165) is 51.3 Å². The van der Waals surface area contributed by atoms with E-state index in [2.05, 4.69) is 51.1 Å². The van der Waals surface area contributed by atoms with Crippen molar-refractivity contribution in [3.8, 4) is 16.9 Å². The molecule has 3 nitrogen and oxygen atoms in total. The topological polar surface area (TPSA) is 35.5 Å². The third kappa shape index (κ3) is 3.14. The predicted molar refractivity (Wildman–Crippen MR) is 142 cm³/mol. The molecule has 0 saturated heterocycles. The second-order valence-electron chi connectivity index (χ2n) is 11.1. The Kier molecular flexibility index (Phi) is 4.96. The molecule has 0 radical (unpaired) electrons. The van der Waals surface area contributed by atoms with Crippen molar-refractivity contribution >= 4 is 27.5 Å². The number of rotatable bonds is 4. The first-order valence-corrected chi connectivity index (χ1v) is 12.6. The first-order chi connectivity index (χ1) is 16.8. The van der Waals surface area contributed by atoms with Gasteiger partial charge in [-0.05, 0) is 64.3 Å². The standard InChI is InChI=1S/C32H32O3/c1-31(2)22-17-18-32(31,3)27(19-22)35-30(33)25-15-13-20-9-5-7-11-23(20)28(25)29-24-12-8-6-10-21(24)14-16-26(29)34-4/h5-16,22,27H,17-19H2,1-4H3/t22-,27+,32+/m0/s1. The van der Waals surface area contributed by atoms with Crippen molar-refractivity contribution < 1.29 is 14.3 Å². The summed E-state index contributed by atoms with van der Waals surface area (Å²) in [6.07, 6.45) is 3.24. The van der Waals surface area contributed by atoms with Crippen molar-refractivity contribution in [1.29, 1.82) is 0 Å². The van der Waals surface area contributed by atoms with Gasteiger partial charge in [-0.2, -0.15) is 0 Å². The zero-order chi connectivity index (χ0) is 24.4. The Labute approximate surface area is 207 Å². The lowest BCUT2D eigenvalue weighted by Crippen LogP contribution is -2.38. The van der Waals surface area contributed by atoms with Crippen LogP contribution in [0.25, 0.3) is 32.7 Å². The van der Waals surface area contributed by atoms with Crippen LogP contribution < -0.4 is 4.74 Å². The van der Waals surface area contributed by atoms with Crippen LogP contribution in [0.2, 0.25) is 0 Å². The molecule has 0 aromatic heterocycles. The van der Waals surface area contributed by atoms with Gasteiger partial charge in [-0.25, -0.2) is 4.79 Å². The van der Waals surface area contributed by atoms with E-state index in [1.54, 1.807) is 7.11 Å². The summed E-state index contributed by atoms with van der Waals surface area (Å²) in [5.74, 6) is 1.12. The highest BCUT2D eigenvalue weighted by molar-refractivity contribution is 6.14. The Hall–Kier alpha value is -3.33. The Balaban J connectivity index is 1.54. The summed E-state index contributed by atoms with van der Waals surface area (Å²) in [6.45, 7) is 7.01. The van der Waals surface area contributed by atoms with Crippen LogP contribution in [0.1, 0.15) is 50.4 Å². The van der Waals surface area contributed by atoms with Gasteiger partial charge in [-0.1, -0.05) is 81.4 Å². The van der Waals surface area contributed by atoms with Gasteiger partial charge in [0.25, 0.3) is 0 Å². The van der Waals surface area contributed by atoms with E-state index in [1.807, 2.05) is 42.5 Å². The molecule has 3 atom stereocenters. The third-order valence-corrected chi connectivity index (χ3v) is 9.47. The average Bonchev–Trinajstić information content (AvgIpc) is 3.21. The molecule has 4 aromatic rings. The number of ether oxygens (including phenoxy) is 2. The molecule has 0 heterocycles. The highest BCUT2D eigenvalue weighted by atomic mass is 16.5. The molecule has 2 saturated carbocycles. The van der Waals surface area contributed by atoms with Crippen LogP contribution in [0.5, 0.6) is 5.75 Å². The van der Waals surface area contributed by atoms with Crippen molar-refractivity contribution in [3.05, 3.63) is 78.4 Å². The van der Waals surface area contributed by atoms with Crippen LogP contribution in [0.3, 0.4) is 0 Å². The average molecular weight is 465 g/mol. The van der Waals surface area contributed by atoms with Crippen LogP contribution in [-0.2, 0) is 4.74 Å². The number of fused-ring (bicyclic) bond motifs is 4. The number of methoxy groups -OCH3 is 1. The number of esters is 1. The Morgan fingerprint density at radius 3 is 2.06 bits per heavy atom. The highest BCUT2D eigenvalue weighted by Gasteiger charge is 2.62. The molecule has 35 heavy (non-hydrogen) atoms. The van der Waals surface area contributed by atoms with Crippen LogP contribution in [0.15, 0.2) is 72.8 Å². The van der Waals surface area contributed by atoms with Gasteiger partial charge in [-0.3, -0.25) is 0 Å². The number of benzene rings is 4. The molecule has 3 heteroatoms. The molecular weight excluding hydrogens is 432 g/mol. The summed E-state index contributed by atoms with van der Waals surface area (Å²) in [4.78, 5) is 13.9. The largest absolute Gasteiger partial charge is 0.496 e. The van der Waals surface area contributed by atoms with Crippen molar-refractivity contribution in [3.63, 3.8) is 0 Å². The fraction of sp³-hybridized carbons (Fsp3) is 0.344. The monoisotopic (exact) mass is 464 g/mol. The van der Waals surface area contributed by atoms with Crippen LogP contribution in [0.4, 0.5) is 0 Å². The summed E-state index contributed by atoms with van der Waals surface area (Å²) in [5, 5.41) is 4.28. The van der Waals surface area contributed by atoms with Crippen LogP contribution >= 0.6 is 0 Å². The lowest BCUT2D eigenvalue weighted by Gasteiger charge is -2.38. The minimum atomic E-state index is -0.240. The van der Waals surface area contributed by atoms with Gasteiger partial charge < -0.3 is 9.47 Å². The molecule has 4 aromatic carbocycles. The molecule has 0 N–H and O–H groups in total. The van der Waals surface area contributed by atoms with Gasteiger partial charge in [0.2, 0.25) is 0 Å². The van der Waals surface area contributed by atoms with E-state index >= 15 is 0 Å². The summed E-state index contributed by atoms with van der Waals surface area (Å²) in [7, 11) is 1.69. The SMILES string of the molecule is COc1ccc2ccccc2c1-c1c(C(=O)O[C@@H]2C[C@@H]3CC[C@@]2(C)C3(C)C)ccc2ccccc12. The van der Waals surface area contributed by atoms with Gasteiger partial charge >= 0.3 is 5.97 Å². The van der Waals surface area contributed by atoms with Gasteiger partial charge in [0, 0.05) is 16.5 Å². The van der Waals surface area contributed by atoms with Crippen molar-refractivity contribution in [2.24, 2.45) is 16.7 Å². The Morgan fingerprint density at radius 2 is 1.46 bits per heavy atom. The molecule has 2 aliphatic rings. The fourth-order valence-electron chi connectivity index (χ4n) is 6.89. The lowest BCUT2D eigenvalue weighted by atomic mass is 9.70. The maximum absolute atomic E-state index is 13.9. The molecule has 0 unspecified atom stereocenters. The summed E-state index contributed by atoms with van der Waals surface area (Å²) >= 11 is 0. The first-order valence-electron chi connectivity index (χ1n) is 12.6. The number of carbonyl (C=O) groups excluding carboxylic acids is 1. The zero-order valence-electron chi connectivity index (χ0n) is 20.9. The summed E-state index contributed by atoms with van der Waals surface area (Å²) in [5.41, 5.74) is 2.62. The summed E-state index contributed by atoms with van der Waals surface area (Å²) < 4.78 is 12.2. The van der Waals surface area contributed by atoms with E-state index < -0.39 is 0 Å². The van der Waals surface area contributed by atoms with E-state index in [0.29, 0.717) is 11.5 Å². The molecule has 2 bridgehead atoms. The number of carbonyl (C=O) groups is 1. The quantitative estimate of drug-likeness (QED) is 0.287. The predicted octanol–water partition coefficient (Wildman–Crippen LogP) is 8.04. The van der Waals surface area contributed by atoms with Crippen molar-refractivity contribution in [2.75, 3.05) is 7.11 Å². The van der Waals surface area contributed by atoms with E-state index in [4.69, 9.17) is 9.47 Å². The molecule has 0 amide bonds. The molecule has 0 aliphatic heterocycles. The Bertz CT molecular complexity index is 1470. The zero-order valence-corrected chi connectivity index (χ0v) is 20.9. The maximum atomic E-state index is 13.9. The number of hydrogen-bond donors (Lipinski definition) is 0.